The van der Waals surface area contributed by atoms with E-state index < -0.39 is 9.84 Å². The molecule has 0 unspecified atom stereocenters. The van der Waals surface area contributed by atoms with Gasteiger partial charge >= 0.3 is 0 Å². The summed E-state index contributed by atoms with van der Waals surface area (Å²) in [5.41, 5.74) is 1.39. The molecule has 0 aliphatic rings. The van der Waals surface area contributed by atoms with Crippen molar-refractivity contribution in [3.05, 3.63) is 41.5 Å². The number of sulfone groups is 1. The predicted octanol–water partition coefficient (Wildman–Crippen LogP) is 2.48. The summed E-state index contributed by atoms with van der Waals surface area (Å²) in [6, 6.07) is 3.20. The number of rotatable bonds is 4. The van der Waals surface area contributed by atoms with Gasteiger partial charge in [0.15, 0.2) is 15.6 Å². The monoisotopic (exact) mass is 280 g/mol. The van der Waals surface area contributed by atoms with Gasteiger partial charge in [0, 0.05) is 18.5 Å². The molecule has 5 nitrogen and oxygen atoms in total. The van der Waals surface area contributed by atoms with Crippen molar-refractivity contribution in [2.75, 3.05) is 0 Å². The third-order valence-electron chi connectivity index (χ3n) is 2.80. The number of hydrogen-bond donors (Lipinski definition) is 0. The van der Waals surface area contributed by atoms with E-state index in [0.29, 0.717) is 11.3 Å². The molecule has 6 heteroatoms. The number of pyridine rings is 1. The molecular formula is C13H16N2O3S. The fourth-order valence-corrected chi connectivity index (χ4v) is 3.22. The molecule has 102 valence electrons. The molecule has 19 heavy (non-hydrogen) atoms. The highest BCUT2D eigenvalue weighted by atomic mass is 32.2. The van der Waals surface area contributed by atoms with Crippen molar-refractivity contribution < 1.29 is 12.9 Å². The summed E-state index contributed by atoms with van der Waals surface area (Å²) in [6.07, 6.45) is 3.01. The molecule has 0 bridgehead atoms. The van der Waals surface area contributed by atoms with Crippen LogP contribution in [0.2, 0.25) is 0 Å². The smallest absolute Gasteiger partial charge is 0.186 e. The third-order valence-corrected chi connectivity index (χ3v) is 4.60. The number of nitrogens with zero attached hydrogens (tertiary/aromatic N) is 2. The van der Waals surface area contributed by atoms with E-state index in [2.05, 4.69) is 10.1 Å². The van der Waals surface area contributed by atoms with E-state index in [0.717, 1.165) is 5.69 Å². The zero-order valence-corrected chi connectivity index (χ0v) is 11.9. The molecule has 2 heterocycles. The Kier molecular flexibility index (Phi) is 3.71. The van der Waals surface area contributed by atoms with E-state index in [9.17, 15) is 8.42 Å². The lowest BCUT2D eigenvalue weighted by molar-refractivity contribution is 0.383. The zero-order valence-electron chi connectivity index (χ0n) is 11.1. The maximum atomic E-state index is 12.3. The Balaban J connectivity index is 2.29. The Labute approximate surface area is 112 Å². The van der Waals surface area contributed by atoms with Crippen molar-refractivity contribution in [1.29, 1.82) is 0 Å². The summed E-state index contributed by atoms with van der Waals surface area (Å²) >= 11 is 0. The molecule has 0 atom stereocenters. The summed E-state index contributed by atoms with van der Waals surface area (Å²) in [5, 5.41) is 3.86. The lowest BCUT2D eigenvalue weighted by atomic mass is 10.1. The lowest BCUT2D eigenvalue weighted by Crippen LogP contribution is -2.06. The molecule has 2 rings (SSSR count). The van der Waals surface area contributed by atoms with E-state index in [1.54, 1.807) is 13.0 Å². The van der Waals surface area contributed by atoms with Crippen LogP contribution in [0.1, 0.15) is 36.8 Å². The number of hydrogen-bond acceptors (Lipinski definition) is 5. The second-order valence-electron chi connectivity index (χ2n) is 4.77. The molecule has 2 aromatic heterocycles. The average Bonchev–Trinajstić information content (AvgIpc) is 2.77. The normalized spacial score (nSPS) is 12.0. The van der Waals surface area contributed by atoms with Crippen LogP contribution in [0.5, 0.6) is 0 Å². The molecule has 0 N–H and O–H groups in total. The van der Waals surface area contributed by atoms with Gasteiger partial charge in [-0.25, -0.2) is 8.42 Å². The molecule has 0 aliphatic heterocycles. The van der Waals surface area contributed by atoms with Gasteiger partial charge in [0.2, 0.25) is 0 Å². The van der Waals surface area contributed by atoms with Gasteiger partial charge in [0.05, 0.1) is 10.6 Å². The fraction of sp³-hybridized carbons (Fsp3) is 0.385. The minimum absolute atomic E-state index is 0.183. The van der Waals surface area contributed by atoms with E-state index in [1.165, 1.54) is 18.5 Å². The van der Waals surface area contributed by atoms with E-state index in [-0.39, 0.29) is 16.6 Å². The van der Waals surface area contributed by atoms with Gasteiger partial charge in [-0.05, 0) is 24.5 Å². The largest absolute Gasteiger partial charge is 0.360 e. The fourth-order valence-electron chi connectivity index (χ4n) is 1.74. The van der Waals surface area contributed by atoms with Gasteiger partial charge in [0.1, 0.15) is 5.75 Å². The standard InChI is InChI=1S/C13H16N2O3S/c1-9(2)12-6-11(18-15-12)8-19(16,17)13-4-5-14-7-10(13)3/h4-7,9H,8H2,1-3H3. The van der Waals surface area contributed by atoms with Gasteiger partial charge in [-0.2, -0.15) is 0 Å². The van der Waals surface area contributed by atoms with Gasteiger partial charge in [-0.15, -0.1) is 0 Å². The van der Waals surface area contributed by atoms with Gasteiger partial charge < -0.3 is 4.52 Å². The van der Waals surface area contributed by atoms with Crippen LogP contribution < -0.4 is 0 Å². The Bertz CT molecular complexity index is 675. The highest BCUT2D eigenvalue weighted by Gasteiger charge is 2.20. The molecule has 0 radical (unpaired) electrons. The van der Waals surface area contributed by atoms with E-state index in [1.807, 2.05) is 13.8 Å². The molecule has 0 aliphatic carbocycles. The Hall–Kier alpha value is -1.69. The molecule has 0 spiro atoms. The number of aryl methyl sites for hydroxylation is 1. The number of aromatic nitrogens is 2. The minimum Gasteiger partial charge on any atom is -0.360 e. The SMILES string of the molecule is Cc1cnccc1S(=O)(=O)Cc1cc(C(C)C)no1. The molecule has 0 fully saturated rings. The molecule has 0 amide bonds. The van der Waals surface area contributed by atoms with Gasteiger partial charge in [-0.1, -0.05) is 19.0 Å². The van der Waals surface area contributed by atoms with Crippen LogP contribution >= 0.6 is 0 Å². The molecule has 2 aromatic rings. The Morgan fingerprint density at radius 3 is 2.68 bits per heavy atom. The predicted molar refractivity (Wildman–Crippen MR) is 70.5 cm³/mol. The average molecular weight is 280 g/mol. The molecule has 0 aromatic carbocycles. The minimum atomic E-state index is -3.43. The summed E-state index contributed by atoms with van der Waals surface area (Å²) in [5.74, 6) is 0.389. The second kappa shape index (κ2) is 5.13. The van der Waals surface area contributed by atoms with Crippen molar-refractivity contribution in [3.8, 4) is 0 Å². The summed E-state index contributed by atoms with van der Waals surface area (Å²) in [4.78, 5) is 4.17. The van der Waals surface area contributed by atoms with Crippen molar-refractivity contribution >= 4 is 9.84 Å². The maximum Gasteiger partial charge on any atom is 0.186 e. The second-order valence-corrected chi connectivity index (χ2v) is 6.73. The van der Waals surface area contributed by atoms with E-state index in [4.69, 9.17) is 4.52 Å². The first-order chi connectivity index (χ1) is 8.90. The van der Waals surface area contributed by atoms with E-state index >= 15 is 0 Å². The summed E-state index contributed by atoms with van der Waals surface area (Å²) in [7, 11) is -3.43. The van der Waals surface area contributed by atoms with Crippen molar-refractivity contribution in [2.45, 2.75) is 37.3 Å². The first kappa shape index (κ1) is 13.7. The summed E-state index contributed by atoms with van der Waals surface area (Å²) in [6.45, 7) is 5.67. The van der Waals surface area contributed by atoms with Gasteiger partial charge in [-0.3, -0.25) is 4.98 Å². The highest BCUT2D eigenvalue weighted by molar-refractivity contribution is 7.90. The quantitative estimate of drug-likeness (QED) is 0.860. The van der Waals surface area contributed by atoms with Crippen LogP contribution in [0, 0.1) is 6.92 Å². The highest BCUT2D eigenvalue weighted by Crippen LogP contribution is 2.21. The van der Waals surface area contributed by atoms with Crippen LogP contribution in [-0.2, 0) is 15.6 Å². The summed E-state index contributed by atoms with van der Waals surface area (Å²) < 4.78 is 29.7. The topological polar surface area (TPSA) is 73.1 Å². The van der Waals surface area contributed by atoms with Crippen LogP contribution in [0.25, 0.3) is 0 Å². The molecule has 0 saturated carbocycles. The van der Waals surface area contributed by atoms with Crippen molar-refractivity contribution in [3.63, 3.8) is 0 Å². The first-order valence-electron chi connectivity index (χ1n) is 5.99. The Morgan fingerprint density at radius 2 is 2.11 bits per heavy atom. The lowest BCUT2D eigenvalue weighted by Gasteiger charge is -2.04. The van der Waals surface area contributed by atoms with Crippen molar-refractivity contribution in [2.24, 2.45) is 0 Å². The van der Waals surface area contributed by atoms with Crippen LogP contribution in [0.3, 0.4) is 0 Å². The van der Waals surface area contributed by atoms with Gasteiger partial charge in [0.25, 0.3) is 0 Å². The van der Waals surface area contributed by atoms with Crippen molar-refractivity contribution in [1.82, 2.24) is 10.1 Å². The first-order valence-corrected chi connectivity index (χ1v) is 7.64. The Morgan fingerprint density at radius 1 is 1.37 bits per heavy atom. The zero-order chi connectivity index (χ0) is 14.0. The van der Waals surface area contributed by atoms with Crippen LogP contribution in [-0.4, -0.2) is 18.6 Å². The van der Waals surface area contributed by atoms with Crippen LogP contribution in [0.15, 0.2) is 33.9 Å². The molecule has 0 saturated heterocycles. The van der Waals surface area contributed by atoms with Crippen LogP contribution in [0.4, 0.5) is 0 Å². The third kappa shape index (κ3) is 3.01. The maximum absolute atomic E-state index is 12.3. The molecular weight excluding hydrogens is 264 g/mol.